The predicted octanol–water partition coefficient (Wildman–Crippen LogP) is 1.87. The number of imidazole rings is 1. The zero-order chi connectivity index (χ0) is 12.8. The molecule has 1 aliphatic rings. The van der Waals surface area contributed by atoms with Crippen molar-refractivity contribution in [3.05, 3.63) is 29.3 Å². The van der Waals surface area contributed by atoms with Crippen molar-refractivity contribution in [3.63, 3.8) is 0 Å². The summed E-state index contributed by atoms with van der Waals surface area (Å²) in [5.74, 6) is 8.20. The third kappa shape index (κ3) is 2.00. The van der Waals surface area contributed by atoms with E-state index in [9.17, 15) is 0 Å². The minimum atomic E-state index is 0.518. The number of aromatic nitrogens is 5. The summed E-state index contributed by atoms with van der Waals surface area (Å²) in [5.41, 5.74) is 1.04. The lowest BCUT2D eigenvalue weighted by molar-refractivity contribution is 0.790. The Morgan fingerprint density at radius 1 is 1.42 bits per heavy atom. The topological polar surface area (TPSA) is 74.0 Å². The first kappa shape index (κ1) is 11.3. The van der Waals surface area contributed by atoms with Gasteiger partial charge < -0.3 is 5.84 Å². The average molecular weight is 292 g/mol. The van der Waals surface area contributed by atoms with E-state index in [0.29, 0.717) is 5.92 Å². The molecule has 3 heterocycles. The van der Waals surface area contributed by atoms with Crippen molar-refractivity contribution in [2.24, 2.45) is 0 Å². The van der Waals surface area contributed by atoms with E-state index in [2.05, 4.69) is 15.2 Å². The minimum Gasteiger partial charge on any atom is -0.336 e. The maximum Gasteiger partial charge on any atom is 0.210 e. The van der Waals surface area contributed by atoms with E-state index in [4.69, 9.17) is 5.84 Å². The molecule has 98 valence electrons. The van der Waals surface area contributed by atoms with Gasteiger partial charge in [0, 0.05) is 29.4 Å². The summed E-state index contributed by atoms with van der Waals surface area (Å²) in [4.78, 5) is 5.55. The largest absolute Gasteiger partial charge is 0.336 e. The maximum atomic E-state index is 6.01. The second-order valence-electron chi connectivity index (χ2n) is 4.60. The highest BCUT2D eigenvalue weighted by Crippen LogP contribution is 2.39. The molecule has 0 aliphatic heterocycles. The summed E-state index contributed by atoms with van der Waals surface area (Å²) in [7, 11) is 0. The summed E-state index contributed by atoms with van der Waals surface area (Å²) >= 11 is 3.21. The Morgan fingerprint density at radius 3 is 3.11 bits per heavy atom. The highest BCUT2D eigenvalue weighted by atomic mass is 32.2. The first-order valence-corrected chi connectivity index (χ1v) is 7.92. The minimum absolute atomic E-state index is 0.518. The molecule has 6 nitrogen and oxygen atoms in total. The summed E-state index contributed by atoms with van der Waals surface area (Å²) < 4.78 is 3.66. The van der Waals surface area contributed by atoms with Gasteiger partial charge in [-0.2, -0.15) is 0 Å². The quantitative estimate of drug-likeness (QED) is 0.587. The molecule has 19 heavy (non-hydrogen) atoms. The van der Waals surface area contributed by atoms with E-state index >= 15 is 0 Å². The molecule has 8 heteroatoms. The van der Waals surface area contributed by atoms with E-state index in [1.165, 1.54) is 12.8 Å². The van der Waals surface area contributed by atoms with E-state index in [0.717, 1.165) is 27.4 Å². The van der Waals surface area contributed by atoms with Crippen molar-refractivity contribution >= 4 is 28.1 Å². The van der Waals surface area contributed by atoms with Gasteiger partial charge in [-0.1, -0.05) is 11.8 Å². The first-order chi connectivity index (χ1) is 9.31. The highest BCUT2D eigenvalue weighted by molar-refractivity contribution is 7.98. The van der Waals surface area contributed by atoms with Gasteiger partial charge in [0.2, 0.25) is 5.16 Å². The van der Waals surface area contributed by atoms with E-state index < -0.39 is 0 Å². The van der Waals surface area contributed by atoms with Crippen molar-refractivity contribution in [1.82, 2.24) is 24.3 Å². The van der Waals surface area contributed by atoms with Crippen LogP contribution < -0.4 is 5.84 Å². The lowest BCUT2D eigenvalue weighted by Crippen LogP contribution is -2.13. The van der Waals surface area contributed by atoms with Crippen LogP contribution in [0.1, 0.15) is 30.3 Å². The first-order valence-electron chi connectivity index (χ1n) is 6.05. The van der Waals surface area contributed by atoms with Crippen LogP contribution in [0.25, 0.3) is 4.96 Å². The van der Waals surface area contributed by atoms with Gasteiger partial charge in [0.15, 0.2) is 10.8 Å². The lowest BCUT2D eigenvalue weighted by Gasteiger charge is -2.00. The van der Waals surface area contributed by atoms with E-state index in [-0.39, 0.29) is 0 Å². The molecule has 1 fully saturated rings. The molecular formula is C11H12N6S2. The molecule has 0 spiro atoms. The number of fused-ring (bicyclic) bond motifs is 1. The Hall–Kier alpha value is -1.54. The monoisotopic (exact) mass is 292 g/mol. The number of nitrogens with zero attached hydrogens (tertiary/aromatic N) is 5. The Kier molecular flexibility index (Phi) is 2.52. The fourth-order valence-electron chi connectivity index (χ4n) is 1.99. The highest BCUT2D eigenvalue weighted by Gasteiger charge is 2.29. The summed E-state index contributed by atoms with van der Waals surface area (Å²) in [6.45, 7) is 0. The van der Waals surface area contributed by atoms with Crippen LogP contribution in [0.3, 0.4) is 0 Å². The fraction of sp³-hybridized carbons (Fsp3) is 0.364. The molecular weight excluding hydrogens is 280 g/mol. The van der Waals surface area contributed by atoms with Crippen LogP contribution in [-0.4, -0.2) is 24.3 Å². The van der Waals surface area contributed by atoms with Crippen molar-refractivity contribution in [3.8, 4) is 0 Å². The summed E-state index contributed by atoms with van der Waals surface area (Å²) in [6, 6.07) is 0. The standard InChI is InChI=1S/C11H12N6S2/c12-17-9(7-1-2-7)14-15-11(17)19-6-8-5-16-3-4-18-10(16)13-8/h3-5,7H,1-2,6,12H2. The number of thioether (sulfide) groups is 1. The van der Waals surface area contributed by atoms with Gasteiger partial charge in [0.25, 0.3) is 0 Å². The van der Waals surface area contributed by atoms with Crippen LogP contribution in [0.5, 0.6) is 0 Å². The Bertz CT molecular complexity index is 694. The number of nitrogens with two attached hydrogens (primary N) is 1. The molecule has 0 aromatic carbocycles. The number of nitrogen functional groups attached to an aromatic ring is 1. The number of hydrogen-bond acceptors (Lipinski definition) is 6. The molecule has 0 saturated heterocycles. The molecule has 4 rings (SSSR count). The molecule has 3 aromatic rings. The zero-order valence-electron chi connectivity index (χ0n) is 10.1. The molecule has 1 aliphatic carbocycles. The SMILES string of the molecule is Nn1c(SCc2cn3ccsc3n2)nnc1C1CC1. The Labute approximate surface area is 117 Å². The molecule has 0 bridgehead atoms. The van der Waals surface area contributed by atoms with Crippen LogP contribution in [0.2, 0.25) is 0 Å². The third-order valence-electron chi connectivity index (χ3n) is 3.13. The number of hydrogen-bond donors (Lipinski definition) is 1. The van der Waals surface area contributed by atoms with Crippen molar-refractivity contribution in [1.29, 1.82) is 0 Å². The van der Waals surface area contributed by atoms with E-state index in [1.807, 2.05) is 22.2 Å². The van der Waals surface area contributed by atoms with Gasteiger partial charge in [0.1, 0.15) is 0 Å². The van der Waals surface area contributed by atoms with Crippen LogP contribution in [-0.2, 0) is 5.75 Å². The third-order valence-corrected chi connectivity index (χ3v) is 4.87. The van der Waals surface area contributed by atoms with Gasteiger partial charge in [-0.25, -0.2) is 9.66 Å². The number of thiazole rings is 1. The predicted molar refractivity (Wildman–Crippen MR) is 74.8 cm³/mol. The van der Waals surface area contributed by atoms with Crippen LogP contribution in [0.4, 0.5) is 0 Å². The molecule has 0 atom stereocenters. The van der Waals surface area contributed by atoms with Crippen molar-refractivity contribution in [2.75, 3.05) is 5.84 Å². The normalized spacial score (nSPS) is 15.4. The summed E-state index contributed by atoms with van der Waals surface area (Å²) in [5, 5.41) is 11.1. The maximum absolute atomic E-state index is 6.01. The number of rotatable bonds is 4. The van der Waals surface area contributed by atoms with Crippen LogP contribution in [0, 0.1) is 0 Å². The smallest absolute Gasteiger partial charge is 0.210 e. The summed E-state index contributed by atoms with van der Waals surface area (Å²) in [6.07, 6.45) is 6.41. The second kappa shape index (κ2) is 4.24. The van der Waals surface area contributed by atoms with Crippen LogP contribution in [0.15, 0.2) is 22.9 Å². The molecule has 1 saturated carbocycles. The second-order valence-corrected chi connectivity index (χ2v) is 6.41. The average Bonchev–Trinajstić information content (AvgIpc) is 2.85. The Balaban J connectivity index is 1.50. The van der Waals surface area contributed by atoms with Crippen molar-refractivity contribution in [2.45, 2.75) is 29.7 Å². The molecule has 0 amide bonds. The van der Waals surface area contributed by atoms with Gasteiger partial charge in [-0.15, -0.1) is 21.5 Å². The van der Waals surface area contributed by atoms with Gasteiger partial charge >= 0.3 is 0 Å². The fourth-order valence-corrected chi connectivity index (χ4v) is 3.46. The molecule has 3 aromatic heterocycles. The van der Waals surface area contributed by atoms with E-state index in [1.54, 1.807) is 27.8 Å². The van der Waals surface area contributed by atoms with Crippen molar-refractivity contribution < 1.29 is 0 Å². The van der Waals surface area contributed by atoms with Gasteiger partial charge in [-0.05, 0) is 12.8 Å². The van der Waals surface area contributed by atoms with Gasteiger partial charge in [0.05, 0.1) is 5.69 Å². The zero-order valence-corrected chi connectivity index (χ0v) is 11.7. The molecule has 2 N–H and O–H groups in total. The molecule has 0 unspecified atom stereocenters. The Morgan fingerprint density at radius 2 is 2.32 bits per heavy atom. The van der Waals surface area contributed by atoms with Crippen LogP contribution >= 0.6 is 23.1 Å². The van der Waals surface area contributed by atoms with Gasteiger partial charge in [-0.3, -0.25) is 4.40 Å². The lowest BCUT2D eigenvalue weighted by atomic mass is 10.4. The molecule has 0 radical (unpaired) electrons.